The van der Waals surface area contributed by atoms with Crippen LogP contribution in [0.15, 0.2) is 18.3 Å². The predicted molar refractivity (Wildman–Crippen MR) is 56.5 cm³/mol. The predicted octanol–water partition coefficient (Wildman–Crippen LogP) is 2.63. The Hall–Kier alpha value is -1.59. The fourth-order valence-electron chi connectivity index (χ4n) is 1.22. The summed E-state index contributed by atoms with van der Waals surface area (Å²) in [4.78, 5) is 14.8. The fourth-order valence-corrected chi connectivity index (χ4v) is 1.22. The lowest BCUT2D eigenvalue weighted by molar-refractivity contribution is -0.141. The van der Waals surface area contributed by atoms with E-state index in [2.05, 4.69) is 10.3 Å². The van der Waals surface area contributed by atoms with Crippen molar-refractivity contribution in [1.29, 1.82) is 0 Å². The van der Waals surface area contributed by atoms with Gasteiger partial charge in [-0.1, -0.05) is 6.92 Å². The number of carbonyl (C=O) groups excluding carboxylic acids is 1. The third-order valence-electron chi connectivity index (χ3n) is 2.31. The molecule has 1 heterocycles. The zero-order valence-corrected chi connectivity index (χ0v) is 9.51. The van der Waals surface area contributed by atoms with Gasteiger partial charge in [0, 0.05) is 12.2 Å². The molecule has 1 unspecified atom stereocenters. The van der Waals surface area contributed by atoms with Crippen molar-refractivity contribution < 1.29 is 18.0 Å². The van der Waals surface area contributed by atoms with E-state index >= 15 is 0 Å². The third kappa shape index (κ3) is 3.44. The molecule has 1 rings (SSSR count). The Balaban J connectivity index is 3.02. The van der Waals surface area contributed by atoms with E-state index in [4.69, 9.17) is 0 Å². The molecule has 0 saturated heterocycles. The van der Waals surface area contributed by atoms with Gasteiger partial charge in [0.2, 0.25) is 0 Å². The molecular formula is C11H13F3N2O. The first kappa shape index (κ1) is 13.5. The summed E-state index contributed by atoms with van der Waals surface area (Å²) < 4.78 is 37.8. The van der Waals surface area contributed by atoms with Gasteiger partial charge in [0.1, 0.15) is 0 Å². The zero-order valence-electron chi connectivity index (χ0n) is 9.51. The molecule has 0 aliphatic rings. The van der Waals surface area contributed by atoms with Crippen LogP contribution in [0.25, 0.3) is 0 Å². The Labute approximate surface area is 97.0 Å². The van der Waals surface area contributed by atoms with E-state index in [0.717, 1.165) is 12.3 Å². The lowest BCUT2D eigenvalue weighted by atomic mass is 10.1. The molecule has 1 N–H and O–H groups in total. The molecule has 0 saturated carbocycles. The normalized spacial score (nSPS) is 13.2. The van der Waals surface area contributed by atoms with Gasteiger partial charge in [-0.05, 0) is 25.5 Å². The Morgan fingerprint density at radius 2 is 2.18 bits per heavy atom. The van der Waals surface area contributed by atoms with E-state index in [1.807, 2.05) is 6.92 Å². The molecule has 17 heavy (non-hydrogen) atoms. The summed E-state index contributed by atoms with van der Waals surface area (Å²) in [6.07, 6.45) is -2.96. The van der Waals surface area contributed by atoms with Crippen LogP contribution in [0.1, 0.15) is 36.3 Å². The monoisotopic (exact) mass is 246 g/mol. The quantitative estimate of drug-likeness (QED) is 0.890. The van der Waals surface area contributed by atoms with Crippen LogP contribution >= 0.6 is 0 Å². The van der Waals surface area contributed by atoms with Crippen LogP contribution in [0.3, 0.4) is 0 Å². The minimum Gasteiger partial charge on any atom is -0.350 e. The van der Waals surface area contributed by atoms with Crippen LogP contribution in [-0.4, -0.2) is 16.9 Å². The van der Waals surface area contributed by atoms with E-state index in [1.54, 1.807) is 6.92 Å². The average molecular weight is 246 g/mol. The summed E-state index contributed by atoms with van der Waals surface area (Å²) in [6.45, 7) is 3.56. The van der Waals surface area contributed by atoms with Crippen molar-refractivity contribution in [1.82, 2.24) is 10.3 Å². The molecule has 6 heteroatoms. The number of aromatic nitrogens is 1. The van der Waals surface area contributed by atoms with E-state index < -0.39 is 23.3 Å². The van der Waals surface area contributed by atoms with Crippen molar-refractivity contribution in [2.75, 3.05) is 0 Å². The van der Waals surface area contributed by atoms with Crippen molar-refractivity contribution in [3.8, 4) is 0 Å². The molecule has 1 aromatic heterocycles. The van der Waals surface area contributed by atoms with Gasteiger partial charge in [0.15, 0.2) is 5.69 Å². The molecule has 1 aromatic rings. The van der Waals surface area contributed by atoms with Gasteiger partial charge in [-0.25, -0.2) is 0 Å². The van der Waals surface area contributed by atoms with Crippen molar-refractivity contribution in [3.05, 3.63) is 29.6 Å². The Bertz CT molecular complexity index is 404. The van der Waals surface area contributed by atoms with Crippen LogP contribution in [-0.2, 0) is 6.18 Å². The largest absolute Gasteiger partial charge is 0.434 e. The minimum atomic E-state index is -4.62. The first-order chi connectivity index (χ1) is 7.86. The van der Waals surface area contributed by atoms with E-state index in [0.29, 0.717) is 6.42 Å². The second kappa shape index (κ2) is 5.16. The van der Waals surface area contributed by atoms with E-state index in [1.165, 1.54) is 6.07 Å². The number of hydrogen-bond acceptors (Lipinski definition) is 2. The van der Waals surface area contributed by atoms with Crippen LogP contribution in [0.2, 0.25) is 0 Å². The molecule has 0 fully saturated rings. The average Bonchev–Trinajstić information content (AvgIpc) is 2.27. The minimum absolute atomic E-state index is 0.177. The highest BCUT2D eigenvalue weighted by Crippen LogP contribution is 2.29. The van der Waals surface area contributed by atoms with Gasteiger partial charge in [-0.2, -0.15) is 13.2 Å². The van der Waals surface area contributed by atoms with Gasteiger partial charge in [0.25, 0.3) is 5.91 Å². The molecule has 0 aliphatic heterocycles. The summed E-state index contributed by atoms with van der Waals surface area (Å²) in [5.41, 5.74) is -1.60. The summed E-state index contributed by atoms with van der Waals surface area (Å²) in [5.74, 6) is -0.750. The first-order valence-electron chi connectivity index (χ1n) is 5.19. The van der Waals surface area contributed by atoms with Gasteiger partial charge in [0.05, 0.1) is 5.56 Å². The highest BCUT2D eigenvalue weighted by atomic mass is 19.4. The molecular weight excluding hydrogens is 233 g/mol. The number of pyridine rings is 1. The number of nitrogens with zero attached hydrogens (tertiary/aromatic N) is 1. The highest BCUT2D eigenvalue weighted by Gasteiger charge is 2.36. The van der Waals surface area contributed by atoms with Crippen molar-refractivity contribution in [2.45, 2.75) is 32.5 Å². The maximum atomic E-state index is 12.6. The summed E-state index contributed by atoms with van der Waals surface area (Å²) >= 11 is 0. The molecule has 0 spiro atoms. The smallest absolute Gasteiger partial charge is 0.350 e. The van der Waals surface area contributed by atoms with Gasteiger partial charge in [-0.15, -0.1) is 0 Å². The topological polar surface area (TPSA) is 42.0 Å². The number of rotatable bonds is 3. The standard InChI is InChI=1S/C11H13F3N2O/c1-3-7(2)16-10(17)8-5-4-6-15-9(8)11(12,13)14/h4-7H,3H2,1-2H3,(H,16,17). The van der Waals surface area contributed by atoms with E-state index in [-0.39, 0.29) is 6.04 Å². The molecule has 0 aromatic carbocycles. The van der Waals surface area contributed by atoms with Crippen molar-refractivity contribution in [2.24, 2.45) is 0 Å². The lowest BCUT2D eigenvalue weighted by Gasteiger charge is -2.14. The fraction of sp³-hybridized carbons (Fsp3) is 0.455. The summed E-state index contributed by atoms with van der Waals surface area (Å²) in [6, 6.07) is 2.25. The number of carbonyl (C=O) groups is 1. The van der Waals surface area contributed by atoms with Gasteiger partial charge in [-0.3, -0.25) is 9.78 Å². The first-order valence-corrected chi connectivity index (χ1v) is 5.19. The van der Waals surface area contributed by atoms with Crippen molar-refractivity contribution in [3.63, 3.8) is 0 Å². The lowest BCUT2D eigenvalue weighted by Crippen LogP contribution is -2.33. The molecule has 0 bridgehead atoms. The molecule has 0 radical (unpaired) electrons. The number of alkyl halides is 3. The van der Waals surface area contributed by atoms with Crippen LogP contribution < -0.4 is 5.32 Å². The molecule has 3 nitrogen and oxygen atoms in total. The maximum absolute atomic E-state index is 12.6. The third-order valence-corrected chi connectivity index (χ3v) is 2.31. The molecule has 1 amide bonds. The van der Waals surface area contributed by atoms with Crippen molar-refractivity contribution >= 4 is 5.91 Å². The van der Waals surface area contributed by atoms with Gasteiger partial charge >= 0.3 is 6.18 Å². The number of hydrogen-bond donors (Lipinski definition) is 1. The van der Waals surface area contributed by atoms with Crippen LogP contribution in [0.5, 0.6) is 0 Å². The second-order valence-corrected chi connectivity index (χ2v) is 3.68. The Kier molecular flexibility index (Phi) is 4.09. The van der Waals surface area contributed by atoms with E-state index in [9.17, 15) is 18.0 Å². The Morgan fingerprint density at radius 1 is 1.53 bits per heavy atom. The highest BCUT2D eigenvalue weighted by molar-refractivity contribution is 5.95. The summed E-state index contributed by atoms with van der Waals surface area (Å²) in [7, 11) is 0. The Morgan fingerprint density at radius 3 is 2.71 bits per heavy atom. The molecule has 0 aliphatic carbocycles. The second-order valence-electron chi connectivity index (χ2n) is 3.68. The van der Waals surface area contributed by atoms with Gasteiger partial charge < -0.3 is 5.32 Å². The molecule has 94 valence electrons. The number of nitrogens with one attached hydrogen (secondary N) is 1. The zero-order chi connectivity index (χ0) is 13.1. The summed E-state index contributed by atoms with van der Waals surface area (Å²) in [5, 5.41) is 2.48. The van der Waals surface area contributed by atoms with Crippen LogP contribution in [0.4, 0.5) is 13.2 Å². The maximum Gasteiger partial charge on any atom is 0.434 e. The SMILES string of the molecule is CCC(C)NC(=O)c1cccnc1C(F)(F)F. The van der Waals surface area contributed by atoms with Crippen LogP contribution in [0, 0.1) is 0 Å². The number of halogens is 3. The number of amides is 1. The molecule has 1 atom stereocenters.